The Morgan fingerprint density at radius 2 is 2.11 bits per heavy atom. The zero-order valence-electron chi connectivity index (χ0n) is 12.5. The quantitative estimate of drug-likeness (QED) is 0.491. The molecule has 2 N–H and O–H groups in total. The second kappa shape index (κ2) is 8.18. The van der Waals surface area contributed by atoms with Gasteiger partial charge in [-0.2, -0.15) is 0 Å². The van der Waals surface area contributed by atoms with Crippen molar-refractivity contribution in [3.8, 4) is 0 Å². The smallest absolute Gasteiger partial charge is 0.0875 e. The van der Waals surface area contributed by atoms with Gasteiger partial charge in [-0.05, 0) is 18.9 Å². The monoisotopic (exact) mass is 263 g/mol. The van der Waals surface area contributed by atoms with Crippen molar-refractivity contribution in [2.45, 2.75) is 58.0 Å². The summed E-state index contributed by atoms with van der Waals surface area (Å²) < 4.78 is 0. The highest BCUT2D eigenvalue weighted by molar-refractivity contribution is 5.17. The topological polar surface area (TPSA) is 27.3 Å². The molecule has 0 amide bonds. The van der Waals surface area contributed by atoms with Crippen LogP contribution < -0.4 is 10.7 Å². The number of nitrogens with one attached hydrogen (secondary N) is 2. The molecule has 108 valence electrons. The van der Waals surface area contributed by atoms with Gasteiger partial charge in [-0.3, -0.25) is 10.3 Å². The minimum absolute atomic E-state index is 0.0404. The highest BCUT2D eigenvalue weighted by atomic mass is 15.7. The molecule has 1 heterocycles. The molecule has 1 fully saturated rings. The summed E-state index contributed by atoms with van der Waals surface area (Å²) in [7, 11) is 0. The maximum Gasteiger partial charge on any atom is 0.0875 e. The van der Waals surface area contributed by atoms with E-state index in [1.165, 1.54) is 32.1 Å². The molecule has 19 heavy (non-hydrogen) atoms. The third kappa shape index (κ3) is 4.84. The summed E-state index contributed by atoms with van der Waals surface area (Å²) in [5.41, 5.74) is 4.59. The predicted molar refractivity (Wildman–Crippen MR) is 83.2 cm³/mol. The van der Waals surface area contributed by atoms with E-state index in [4.69, 9.17) is 0 Å². The Balaban J connectivity index is 2.47. The van der Waals surface area contributed by atoms with E-state index in [2.05, 4.69) is 42.8 Å². The van der Waals surface area contributed by atoms with Crippen LogP contribution in [0, 0.1) is 0 Å². The van der Waals surface area contributed by atoms with E-state index in [9.17, 15) is 0 Å². The Hall–Kier alpha value is -1.06. The van der Waals surface area contributed by atoms with Crippen LogP contribution in [-0.4, -0.2) is 17.3 Å². The molecular weight excluding hydrogens is 234 g/mol. The Morgan fingerprint density at radius 3 is 2.74 bits per heavy atom. The molecule has 1 saturated heterocycles. The van der Waals surface area contributed by atoms with Gasteiger partial charge in [0.2, 0.25) is 0 Å². The average Bonchev–Trinajstić information content (AvgIpc) is 2.86. The minimum atomic E-state index is 0.0404. The Labute approximate surface area is 118 Å². The normalized spacial score (nSPS) is 23.2. The number of nitrogens with zero attached hydrogens (tertiary/aromatic N) is 1. The van der Waals surface area contributed by atoms with Crippen LogP contribution in [0.15, 0.2) is 37.1 Å². The van der Waals surface area contributed by atoms with E-state index in [1.807, 2.05) is 12.2 Å². The molecule has 0 spiro atoms. The first-order chi connectivity index (χ1) is 9.17. The van der Waals surface area contributed by atoms with Crippen molar-refractivity contribution in [1.29, 1.82) is 0 Å². The van der Waals surface area contributed by atoms with Gasteiger partial charge in [0.15, 0.2) is 0 Å². The number of hydrogen-bond donors (Lipinski definition) is 2. The maximum atomic E-state index is 4.07. The Kier molecular flexibility index (Phi) is 6.89. The average molecular weight is 263 g/mol. The van der Waals surface area contributed by atoms with E-state index in [-0.39, 0.29) is 5.66 Å². The second-order valence-electron chi connectivity index (χ2n) is 5.21. The van der Waals surface area contributed by atoms with E-state index >= 15 is 0 Å². The van der Waals surface area contributed by atoms with Crippen LogP contribution in [0.5, 0.6) is 0 Å². The van der Waals surface area contributed by atoms with Crippen LogP contribution in [0.2, 0.25) is 0 Å². The van der Waals surface area contributed by atoms with Gasteiger partial charge in [0.1, 0.15) is 0 Å². The molecule has 1 aliphatic heterocycles. The van der Waals surface area contributed by atoms with E-state index in [1.54, 1.807) is 6.08 Å². The number of unbranched alkanes of at least 4 members (excludes halogenated alkanes) is 3. The molecule has 0 aromatic rings. The highest BCUT2D eigenvalue weighted by Gasteiger charge is 2.34. The van der Waals surface area contributed by atoms with Crippen molar-refractivity contribution in [1.82, 2.24) is 15.8 Å². The molecule has 0 saturated carbocycles. The Bertz CT molecular complexity index is 322. The van der Waals surface area contributed by atoms with Gasteiger partial charge in [-0.1, -0.05) is 64.8 Å². The van der Waals surface area contributed by atoms with Crippen LogP contribution in [0.1, 0.15) is 52.4 Å². The van der Waals surface area contributed by atoms with Gasteiger partial charge in [-0.15, -0.1) is 0 Å². The maximum absolute atomic E-state index is 4.07. The first-order valence-corrected chi connectivity index (χ1v) is 7.46. The lowest BCUT2D eigenvalue weighted by Crippen LogP contribution is -2.50. The van der Waals surface area contributed by atoms with E-state index in [0.717, 1.165) is 18.8 Å². The minimum Gasteiger partial charge on any atom is -0.293 e. The van der Waals surface area contributed by atoms with Crippen LogP contribution in [-0.2, 0) is 0 Å². The van der Waals surface area contributed by atoms with Crippen molar-refractivity contribution in [2.75, 3.05) is 6.67 Å². The van der Waals surface area contributed by atoms with Crippen molar-refractivity contribution < 1.29 is 0 Å². The Morgan fingerprint density at radius 1 is 1.32 bits per heavy atom. The van der Waals surface area contributed by atoms with Crippen molar-refractivity contribution >= 4 is 0 Å². The molecular formula is C16H29N3. The molecule has 3 heteroatoms. The fourth-order valence-electron chi connectivity index (χ4n) is 2.39. The van der Waals surface area contributed by atoms with Crippen LogP contribution in [0.3, 0.4) is 0 Å². The van der Waals surface area contributed by atoms with Crippen molar-refractivity contribution in [3.63, 3.8) is 0 Å². The van der Waals surface area contributed by atoms with Gasteiger partial charge in [0, 0.05) is 5.70 Å². The largest absolute Gasteiger partial charge is 0.293 e. The molecule has 0 radical (unpaired) electrons. The fourth-order valence-corrected chi connectivity index (χ4v) is 2.39. The first kappa shape index (κ1) is 16.0. The summed E-state index contributed by atoms with van der Waals surface area (Å²) in [4.78, 5) is 0. The standard InChI is InChI=1S/C16H29N3/c1-5-8-10-11-13-16(7-3)17-14-19(18-16)15(4)12-9-6-2/h6,9,12,17-18H,2,4-5,7-8,10-11,13-14H2,1,3H3/b12-9-. The SMILES string of the molecule is C=C/C=C\C(=C)N1CNC(CC)(CCCCCC)N1. The number of hydrazine groups is 1. The zero-order chi connectivity index (χ0) is 14.1. The third-order valence-electron chi connectivity index (χ3n) is 3.76. The fraction of sp³-hybridized carbons (Fsp3) is 0.625. The number of rotatable bonds is 9. The second-order valence-corrected chi connectivity index (χ2v) is 5.21. The van der Waals surface area contributed by atoms with Gasteiger partial charge < -0.3 is 0 Å². The molecule has 0 bridgehead atoms. The summed E-state index contributed by atoms with van der Waals surface area (Å²) in [6.45, 7) is 13.0. The van der Waals surface area contributed by atoms with Crippen molar-refractivity contribution in [3.05, 3.63) is 37.1 Å². The van der Waals surface area contributed by atoms with Gasteiger partial charge in [0.25, 0.3) is 0 Å². The summed E-state index contributed by atoms with van der Waals surface area (Å²) >= 11 is 0. The number of allylic oxidation sites excluding steroid dienone is 3. The lowest BCUT2D eigenvalue weighted by Gasteiger charge is -2.29. The van der Waals surface area contributed by atoms with Gasteiger partial charge in [-0.25, -0.2) is 5.43 Å². The summed E-state index contributed by atoms with van der Waals surface area (Å²) in [6.07, 6.45) is 13.1. The molecule has 0 aliphatic carbocycles. The summed E-state index contributed by atoms with van der Waals surface area (Å²) in [5.74, 6) is 0. The first-order valence-electron chi connectivity index (χ1n) is 7.46. The number of hydrogen-bond acceptors (Lipinski definition) is 3. The molecule has 0 aromatic carbocycles. The molecule has 0 aromatic heterocycles. The third-order valence-corrected chi connectivity index (χ3v) is 3.76. The molecule has 1 rings (SSSR count). The lowest BCUT2D eigenvalue weighted by atomic mass is 9.99. The van der Waals surface area contributed by atoms with Crippen LogP contribution >= 0.6 is 0 Å². The van der Waals surface area contributed by atoms with E-state index < -0.39 is 0 Å². The molecule has 1 unspecified atom stereocenters. The summed E-state index contributed by atoms with van der Waals surface area (Å²) in [5, 5.41) is 5.69. The molecule has 1 atom stereocenters. The molecule has 3 nitrogen and oxygen atoms in total. The lowest BCUT2D eigenvalue weighted by molar-refractivity contribution is 0.213. The highest BCUT2D eigenvalue weighted by Crippen LogP contribution is 2.22. The predicted octanol–water partition coefficient (Wildman–Crippen LogP) is 3.69. The van der Waals surface area contributed by atoms with Crippen LogP contribution in [0.4, 0.5) is 0 Å². The van der Waals surface area contributed by atoms with Crippen molar-refractivity contribution in [2.24, 2.45) is 0 Å². The summed E-state index contributed by atoms with van der Waals surface area (Å²) in [6, 6.07) is 0. The van der Waals surface area contributed by atoms with E-state index in [0.29, 0.717) is 0 Å². The van der Waals surface area contributed by atoms with Gasteiger partial charge in [0.05, 0.1) is 12.3 Å². The molecule has 1 aliphatic rings. The van der Waals surface area contributed by atoms with Gasteiger partial charge >= 0.3 is 0 Å². The zero-order valence-corrected chi connectivity index (χ0v) is 12.5. The van der Waals surface area contributed by atoms with Crippen LogP contribution in [0.25, 0.3) is 0 Å².